The van der Waals surface area contributed by atoms with Crippen molar-refractivity contribution in [3.63, 3.8) is 0 Å². The summed E-state index contributed by atoms with van der Waals surface area (Å²) in [6.45, 7) is 7.33. The first-order chi connectivity index (χ1) is 10.4. The Hall–Kier alpha value is -1.59. The lowest BCUT2D eigenvalue weighted by Crippen LogP contribution is -2.40. The van der Waals surface area contributed by atoms with Gasteiger partial charge in [0.15, 0.2) is 5.96 Å². The molecule has 21 heavy (non-hydrogen) atoms. The van der Waals surface area contributed by atoms with Crippen LogP contribution < -0.4 is 10.6 Å². The Morgan fingerprint density at radius 2 is 2.10 bits per heavy atom. The van der Waals surface area contributed by atoms with Crippen molar-refractivity contribution in [3.8, 4) is 0 Å². The predicted octanol–water partition coefficient (Wildman–Crippen LogP) is 1.68. The minimum atomic E-state index is 0.625. The molecule has 0 saturated carbocycles. The number of nitrogens with one attached hydrogen (secondary N) is 2. The Balaban J connectivity index is 1.73. The molecule has 5 heteroatoms. The molecule has 1 aliphatic heterocycles. The highest BCUT2D eigenvalue weighted by Crippen LogP contribution is 2.06. The predicted molar refractivity (Wildman–Crippen MR) is 84.4 cm³/mol. The molecule has 1 aliphatic rings. The summed E-state index contributed by atoms with van der Waals surface area (Å²) >= 11 is 0. The summed E-state index contributed by atoms with van der Waals surface area (Å²) < 4.78 is 10.8. The van der Waals surface area contributed by atoms with Gasteiger partial charge in [-0.25, -0.2) is 0 Å². The molecule has 1 heterocycles. The summed E-state index contributed by atoms with van der Waals surface area (Å²) in [7, 11) is 0. The Morgan fingerprint density at radius 3 is 2.90 bits per heavy atom. The molecule has 2 rings (SSSR count). The van der Waals surface area contributed by atoms with E-state index in [0.717, 1.165) is 38.6 Å². The molecule has 1 aromatic rings. The SMILES string of the molecule is CCOCCOCc1cccc(CNC2=NCCCN2)c1. The van der Waals surface area contributed by atoms with E-state index in [1.165, 1.54) is 11.1 Å². The van der Waals surface area contributed by atoms with E-state index in [1.54, 1.807) is 0 Å². The summed E-state index contributed by atoms with van der Waals surface area (Å²) in [4.78, 5) is 4.40. The van der Waals surface area contributed by atoms with E-state index in [-0.39, 0.29) is 0 Å². The van der Waals surface area contributed by atoms with Crippen LogP contribution in [0.4, 0.5) is 0 Å². The van der Waals surface area contributed by atoms with Gasteiger partial charge >= 0.3 is 0 Å². The molecule has 0 spiro atoms. The number of ether oxygens (including phenoxy) is 2. The molecule has 0 amide bonds. The topological polar surface area (TPSA) is 54.9 Å². The molecule has 0 fully saturated rings. The van der Waals surface area contributed by atoms with Crippen molar-refractivity contribution in [2.24, 2.45) is 4.99 Å². The van der Waals surface area contributed by atoms with Gasteiger partial charge in [0, 0.05) is 26.2 Å². The first-order valence-electron chi connectivity index (χ1n) is 7.64. The molecule has 116 valence electrons. The summed E-state index contributed by atoms with van der Waals surface area (Å²) in [5, 5.41) is 6.59. The highest BCUT2D eigenvalue weighted by molar-refractivity contribution is 5.80. The Bertz CT molecular complexity index is 449. The summed E-state index contributed by atoms with van der Waals surface area (Å²) in [6, 6.07) is 8.42. The highest BCUT2D eigenvalue weighted by Gasteiger charge is 2.03. The van der Waals surface area contributed by atoms with E-state index >= 15 is 0 Å². The van der Waals surface area contributed by atoms with Crippen LogP contribution in [0.5, 0.6) is 0 Å². The lowest BCUT2D eigenvalue weighted by Gasteiger charge is -2.16. The van der Waals surface area contributed by atoms with Crippen LogP contribution in [0.15, 0.2) is 29.3 Å². The molecule has 0 unspecified atom stereocenters. The lowest BCUT2D eigenvalue weighted by atomic mass is 10.1. The molecule has 0 aromatic heterocycles. The molecule has 0 atom stereocenters. The van der Waals surface area contributed by atoms with Crippen molar-refractivity contribution in [1.82, 2.24) is 10.6 Å². The van der Waals surface area contributed by atoms with Crippen LogP contribution >= 0.6 is 0 Å². The minimum Gasteiger partial charge on any atom is -0.379 e. The Labute approximate surface area is 126 Å². The normalized spacial score (nSPS) is 14.4. The zero-order chi connectivity index (χ0) is 14.8. The third-order valence-electron chi connectivity index (χ3n) is 3.19. The third kappa shape index (κ3) is 6.14. The maximum absolute atomic E-state index is 5.59. The van der Waals surface area contributed by atoms with Crippen LogP contribution in [-0.2, 0) is 22.6 Å². The molecule has 0 bridgehead atoms. The monoisotopic (exact) mass is 291 g/mol. The second-order valence-corrected chi connectivity index (χ2v) is 4.93. The number of hydrogen-bond acceptors (Lipinski definition) is 5. The molecule has 2 N–H and O–H groups in total. The number of nitrogens with zero attached hydrogens (tertiary/aromatic N) is 1. The zero-order valence-corrected chi connectivity index (χ0v) is 12.7. The smallest absolute Gasteiger partial charge is 0.191 e. The van der Waals surface area contributed by atoms with Gasteiger partial charge in [0.25, 0.3) is 0 Å². The van der Waals surface area contributed by atoms with Gasteiger partial charge in [-0.05, 0) is 24.5 Å². The third-order valence-corrected chi connectivity index (χ3v) is 3.19. The second kappa shape index (κ2) is 9.37. The number of guanidine groups is 1. The molecule has 0 aliphatic carbocycles. The maximum Gasteiger partial charge on any atom is 0.191 e. The van der Waals surface area contributed by atoms with E-state index in [0.29, 0.717) is 19.8 Å². The van der Waals surface area contributed by atoms with Crippen molar-refractivity contribution in [2.45, 2.75) is 26.5 Å². The molecule has 0 saturated heterocycles. The van der Waals surface area contributed by atoms with E-state index in [4.69, 9.17) is 9.47 Å². The molecular formula is C16H25N3O2. The van der Waals surface area contributed by atoms with E-state index in [1.807, 2.05) is 6.92 Å². The lowest BCUT2D eigenvalue weighted by molar-refractivity contribution is 0.0453. The van der Waals surface area contributed by atoms with Gasteiger partial charge in [-0.2, -0.15) is 0 Å². The first kappa shape index (κ1) is 15.8. The van der Waals surface area contributed by atoms with Crippen LogP contribution in [0.2, 0.25) is 0 Å². The molecule has 5 nitrogen and oxygen atoms in total. The fourth-order valence-electron chi connectivity index (χ4n) is 2.12. The standard InChI is InChI=1S/C16H25N3O2/c1-2-20-9-10-21-13-15-6-3-5-14(11-15)12-19-16-17-7-4-8-18-16/h3,5-6,11H,2,4,7-10,12-13H2,1H3,(H2,17,18,19). The van der Waals surface area contributed by atoms with Gasteiger partial charge in [-0.15, -0.1) is 0 Å². The summed E-state index contributed by atoms with van der Waals surface area (Å²) in [5.41, 5.74) is 2.42. The fourth-order valence-corrected chi connectivity index (χ4v) is 2.12. The number of hydrogen-bond donors (Lipinski definition) is 2. The Kier molecular flexibility index (Phi) is 7.04. The van der Waals surface area contributed by atoms with Crippen LogP contribution in [0.1, 0.15) is 24.5 Å². The van der Waals surface area contributed by atoms with E-state index in [9.17, 15) is 0 Å². The number of aliphatic imine (C=N–C) groups is 1. The summed E-state index contributed by atoms with van der Waals surface area (Å²) in [5.74, 6) is 0.902. The highest BCUT2D eigenvalue weighted by atomic mass is 16.5. The zero-order valence-electron chi connectivity index (χ0n) is 12.7. The largest absolute Gasteiger partial charge is 0.379 e. The van der Waals surface area contributed by atoms with E-state index in [2.05, 4.69) is 39.9 Å². The van der Waals surface area contributed by atoms with Crippen molar-refractivity contribution in [2.75, 3.05) is 32.9 Å². The number of rotatable bonds is 8. The van der Waals surface area contributed by atoms with Gasteiger partial charge in [-0.1, -0.05) is 24.3 Å². The first-order valence-corrected chi connectivity index (χ1v) is 7.64. The Morgan fingerprint density at radius 1 is 1.24 bits per heavy atom. The number of benzene rings is 1. The minimum absolute atomic E-state index is 0.625. The van der Waals surface area contributed by atoms with Crippen molar-refractivity contribution in [3.05, 3.63) is 35.4 Å². The molecular weight excluding hydrogens is 266 g/mol. The summed E-state index contributed by atoms with van der Waals surface area (Å²) in [6.07, 6.45) is 1.11. The average Bonchev–Trinajstić information content (AvgIpc) is 2.54. The van der Waals surface area contributed by atoms with Gasteiger partial charge in [-0.3, -0.25) is 4.99 Å². The van der Waals surface area contributed by atoms with Gasteiger partial charge in [0.2, 0.25) is 0 Å². The molecule has 0 radical (unpaired) electrons. The van der Waals surface area contributed by atoms with Crippen molar-refractivity contribution in [1.29, 1.82) is 0 Å². The second-order valence-electron chi connectivity index (χ2n) is 4.93. The molecule has 1 aromatic carbocycles. The quantitative estimate of drug-likeness (QED) is 0.716. The van der Waals surface area contributed by atoms with Crippen LogP contribution in [0.3, 0.4) is 0 Å². The average molecular weight is 291 g/mol. The fraction of sp³-hybridized carbons (Fsp3) is 0.562. The van der Waals surface area contributed by atoms with Gasteiger partial charge in [0.05, 0.1) is 19.8 Å². The van der Waals surface area contributed by atoms with Gasteiger partial charge < -0.3 is 20.1 Å². The van der Waals surface area contributed by atoms with Crippen LogP contribution in [-0.4, -0.2) is 38.9 Å². The van der Waals surface area contributed by atoms with Crippen LogP contribution in [0.25, 0.3) is 0 Å². The van der Waals surface area contributed by atoms with Crippen molar-refractivity contribution >= 4 is 5.96 Å². The van der Waals surface area contributed by atoms with E-state index < -0.39 is 0 Å². The van der Waals surface area contributed by atoms with Gasteiger partial charge in [0.1, 0.15) is 0 Å². The van der Waals surface area contributed by atoms with Crippen LogP contribution in [0, 0.1) is 0 Å². The maximum atomic E-state index is 5.59. The van der Waals surface area contributed by atoms with Crippen molar-refractivity contribution < 1.29 is 9.47 Å².